The number of carboxylic acids is 2. The minimum atomic E-state index is -2.07. The number of aliphatic hydroxyl groups is 8. The minimum absolute atomic E-state index is 0.00396. The zero-order valence-electron chi connectivity index (χ0n) is 38.7. The van der Waals surface area contributed by atoms with E-state index < -0.39 is 134 Å². The topological polar surface area (TPSA) is 309 Å². The van der Waals surface area contributed by atoms with E-state index in [-0.39, 0.29) is 40.4 Å². The summed E-state index contributed by atoms with van der Waals surface area (Å²) in [6.07, 6.45) is -16.8. The number of aliphatic hydroxyl groups excluding tert-OH is 8. The van der Waals surface area contributed by atoms with Crippen molar-refractivity contribution in [2.75, 3.05) is 13.2 Å². The fourth-order valence-corrected chi connectivity index (χ4v) is 14.7. The van der Waals surface area contributed by atoms with E-state index in [1.165, 1.54) is 5.57 Å². The molecule has 3 heterocycles. The summed E-state index contributed by atoms with van der Waals surface area (Å²) in [6, 6.07) is 0. The van der Waals surface area contributed by atoms with Crippen LogP contribution in [-0.2, 0) is 42.8 Å². The van der Waals surface area contributed by atoms with Gasteiger partial charge in [-0.05, 0) is 104 Å². The summed E-state index contributed by atoms with van der Waals surface area (Å²) in [5, 5.41) is 106. The van der Waals surface area contributed by atoms with Crippen molar-refractivity contribution < 1.29 is 93.9 Å². The summed E-state index contributed by atoms with van der Waals surface area (Å²) in [4.78, 5) is 39.8. The van der Waals surface area contributed by atoms with Crippen molar-refractivity contribution >= 4 is 18.2 Å². The van der Waals surface area contributed by atoms with Crippen molar-refractivity contribution in [3.63, 3.8) is 0 Å². The minimum Gasteiger partial charge on any atom is -0.481 e. The number of allylic oxidation sites excluding steroid dienone is 2. The molecule has 5 aliphatic carbocycles. The zero-order valence-corrected chi connectivity index (χ0v) is 38.7. The van der Waals surface area contributed by atoms with Gasteiger partial charge in [-0.15, -0.1) is 0 Å². The molecule has 19 heteroatoms. The number of aliphatic carboxylic acids is 2. The molecule has 0 aromatic rings. The Bertz CT molecular complexity index is 1880. The molecular formula is C47H72O19. The van der Waals surface area contributed by atoms with Gasteiger partial charge in [0.25, 0.3) is 0 Å². The van der Waals surface area contributed by atoms with Gasteiger partial charge in [-0.2, -0.15) is 0 Å². The maximum absolute atomic E-state index is 13.8. The summed E-state index contributed by atoms with van der Waals surface area (Å²) >= 11 is 0. The molecule has 19 nitrogen and oxygen atoms in total. The van der Waals surface area contributed by atoms with Crippen LogP contribution in [0.5, 0.6) is 0 Å². The molecular weight excluding hydrogens is 868 g/mol. The van der Waals surface area contributed by atoms with Crippen LogP contribution in [0.2, 0.25) is 0 Å². The lowest BCUT2D eigenvalue weighted by Crippen LogP contribution is -2.68. The smallest absolute Gasteiger partial charge is 0.335 e. The van der Waals surface area contributed by atoms with Gasteiger partial charge < -0.3 is 84.3 Å². The van der Waals surface area contributed by atoms with Crippen molar-refractivity contribution in [2.24, 2.45) is 50.2 Å². The first-order valence-corrected chi connectivity index (χ1v) is 23.7. The second kappa shape index (κ2) is 17.6. The second-order valence-corrected chi connectivity index (χ2v) is 22.7. The van der Waals surface area contributed by atoms with Gasteiger partial charge in [0.1, 0.15) is 67.3 Å². The molecule has 0 aromatic carbocycles. The number of rotatable bonds is 10. The number of hydrogen-bond donors (Lipinski definition) is 10. The van der Waals surface area contributed by atoms with Crippen LogP contribution in [0.1, 0.15) is 106 Å². The third-order valence-electron chi connectivity index (χ3n) is 18.9. The zero-order chi connectivity index (χ0) is 48.3. The highest BCUT2D eigenvalue weighted by molar-refractivity contribution is 5.77. The van der Waals surface area contributed by atoms with Crippen LogP contribution < -0.4 is 0 Å². The Balaban J connectivity index is 1.10. The van der Waals surface area contributed by atoms with Crippen molar-refractivity contribution in [1.82, 2.24) is 0 Å². The summed E-state index contributed by atoms with van der Waals surface area (Å²) in [5.41, 5.74) is -1.67. The number of hydrogen-bond acceptors (Lipinski definition) is 17. The Labute approximate surface area is 384 Å². The number of carbonyl (C=O) groups excluding carboxylic acids is 1. The van der Waals surface area contributed by atoms with E-state index in [2.05, 4.69) is 40.7 Å². The van der Waals surface area contributed by atoms with Crippen LogP contribution in [0.15, 0.2) is 11.6 Å². The lowest BCUT2D eigenvalue weighted by atomic mass is 9.33. The maximum atomic E-state index is 13.8. The highest BCUT2D eigenvalue weighted by Gasteiger charge is 2.70. The number of carbonyl (C=O) groups is 3. The van der Waals surface area contributed by atoms with Crippen LogP contribution in [0.25, 0.3) is 0 Å². The Morgan fingerprint density at radius 3 is 2.05 bits per heavy atom. The number of carboxylic acid groups (broad SMARTS) is 2. The SMILES string of the molecule is CC1(C)CC[C@]2(C(=O)O)CC[C@]3(C)C(=CC[C@@H]4[C@@]5(C)CCC(O[C@@H]6O[C@H](C(=O)O)[C@@H](O[C@@H]7OC[C@@H](O)[C@H](O)[C@H]7O)[C@H](O)[C@H]6O[C@@H]6O[C@H](CO)[C@H](O)[C@H](O)[C@H]6O)[C@@](C)(C=O)[C@@H]5CC[C@]43C)[C@@H]2C1. The highest BCUT2D eigenvalue weighted by atomic mass is 16.8. The van der Waals surface area contributed by atoms with Crippen LogP contribution in [0.4, 0.5) is 0 Å². The highest BCUT2D eigenvalue weighted by Crippen LogP contribution is 2.76. The van der Waals surface area contributed by atoms with Gasteiger partial charge in [-0.25, -0.2) is 4.79 Å². The normalized spacial score (nSPS) is 53.5. The average Bonchev–Trinajstić information content (AvgIpc) is 3.26. The second-order valence-electron chi connectivity index (χ2n) is 22.7. The van der Waals surface area contributed by atoms with Crippen molar-refractivity contribution in [2.45, 2.75) is 198 Å². The first kappa shape index (κ1) is 50.2. The monoisotopic (exact) mass is 940 g/mol. The summed E-state index contributed by atoms with van der Waals surface area (Å²) in [6.45, 7) is 11.9. The third kappa shape index (κ3) is 7.65. The number of fused-ring (bicyclic) bond motifs is 7. The first-order valence-electron chi connectivity index (χ1n) is 23.7. The molecule has 374 valence electrons. The maximum Gasteiger partial charge on any atom is 0.335 e. The van der Waals surface area contributed by atoms with Gasteiger partial charge >= 0.3 is 11.9 Å². The molecule has 1 unspecified atom stereocenters. The molecule has 7 fully saturated rings. The van der Waals surface area contributed by atoms with Gasteiger partial charge in [-0.1, -0.05) is 53.2 Å². The number of ether oxygens (including phenoxy) is 6. The largest absolute Gasteiger partial charge is 0.481 e. The van der Waals surface area contributed by atoms with Crippen molar-refractivity contribution in [1.29, 1.82) is 0 Å². The van der Waals surface area contributed by atoms with Gasteiger partial charge in [0.05, 0.1) is 30.1 Å². The van der Waals surface area contributed by atoms with E-state index in [1.54, 1.807) is 0 Å². The summed E-state index contributed by atoms with van der Waals surface area (Å²) < 4.78 is 35.5. The Hall–Kier alpha value is -2.21. The van der Waals surface area contributed by atoms with Crippen LogP contribution in [0.3, 0.4) is 0 Å². The standard InChI is InChI=1S/C47H72O19/c1-42(2)13-15-47(41(59)60)16-14-45(5)21(22(47)17-42)7-8-26-43(3)11-10-27(44(4,20-49)25(43)9-12-46(26,45)6)63-40-35(65-39-32(55)30(53)29(52)24(18-48)62-39)33(56)34(36(66-40)37(57)58)64-38-31(54)28(51)23(50)19-61-38/h7,20,22-36,38-40,48,50-56H,8-19H2,1-6H3,(H,57,58)(H,59,60)/t22-,23+,24+,25+,26+,27?,28-,29-,30-,31+,32+,33-,34-,35+,36-,38-,39-,40+,43-,44-,45+,46+,47-/m0/s1. The van der Waals surface area contributed by atoms with Crippen LogP contribution in [0, 0.1) is 50.2 Å². The van der Waals surface area contributed by atoms with Crippen LogP contribution in [-0.4, -0.2) is 175 Å². The predicted molar refractivity (Wildman–Crippen MR) is 226 cm³/mol. The molecule has 3 aliphatic heterocycles. The average molecular weight is 941 g/mol. The fourth-order valence-electron chi connectivity index (χ4n) is 14.7. The molecule has 8 aliphatic rings. The first-order chi connectivity index (χ1) is 30.8. The molecule has 0 aromatic heterocycles. The number of aldehydes is 1. The van der Waals surface area contributed by atoms with E-state index in [0.29, 0.717) is 32.1 Å². The molecule has 0 radical (unpaired) electrons. The lowest BCUT2D eigenvalue weighted by Gasteiger charge is -2.71. The molecule has 66 heavy (non-hydrogen) atoms. The van der Waals surface area contributed by atoms with E-state index in [0.717, 1.165) is 32.0 Å². The van der Waals surface area contributed by atoms with E-state index >= 15 is 0 Å². The van der Waals surface area contributed by atoms with Gasteiger partial charge in [0.2, 0.25) is 0 Å². The lowest BCUT2D eigenvalue weighted by molar-refractivity contribution is -0.387. The molecule has 8 rings (SSSR count). The van der Waals surface area contributed by atoms with E-state index in [1.807, 2.05) is 6.92 Å². The van der Waals surface area contributed by atoms with E-state index in [9.17, 15) is 65.4 Å². The van der Waals surface area contributed by atoms with Crippen molar-refractivity contribution in [3.8, 4) is 0 Å². The molecule has 3 saturated heterocycles. The molecule has 4 saturated carbocycles. The Morgan fingerprint density at radius 2 is 1.39 bits per heavy atom. The predicted octanol–water partition coefficient (Wildman–Crippen LogP) is 0.617. The molecule has 10 N–H and O–H groups in total. The van der Waals surface area contributed by atoms with Gasteiger partial charge in [0, 0.05) is 0 Å². The molecule has 0 spiro atoms. The third-order valence-corrected chi connectivity index (χ3v) is 18.9. The fraction of sp³-hybridized carbons (Fsp3) is 0.894. The molecule has 0 amide bonds. The van der Waals surface area contributed by atoms with Gasteiger partial charge in [-0.3, -0.25) is 4.79 Å². The van der Waals surface area contributed by atoms with Crippen molar-refractivity contribution in [3.05, 3.63) is 11.6 Å². The molecule has 23 atom stereocenters. The summed E-state index contributed by atoms with van der Waals surface area (Å²) in [5.74, 6) is -2.59. The Morgan fingerprint density at radius 1 is 0.727 bits per heavy atom. The van der Waals surface area contributed by atoms with E-state index in [4.69, 9.17) is 28.4 Å². The quantitative estimate of drug-likeness (QED) is 0.0815. The van der Waals surface area contributed by atoms with Crippen LogP contribution >= 0.6 is 0 Å². The Kier molecular flexibility index (Phi) is 13.4. The van der Waals surface area contributed by atoms with Gasteiger partial charge in [0.15, 0.2) is 25.0 Å². The molecule has 0 bridgehead atoms. The summed E-state index contributed by atoms with van der Waals surface area (Å²) in [7, 11) is 0.